The van der Waals surface area contributed by atoms with Crippen molar-refractivity contribution in [1.29, 1.82) is 0 Å². The number of thiophene rings is 1. The van der Waals surface area contributed by atoms with Crippen LogP contribution < -0.4 is 5.32 Å². The molecule has 0 aliphatic heterocycles. The molecule has 0 spiro atoms. The SMILES string of the molecule is CCC(C)c1ccc(C(NC(C)=O)c2cccs2)cc1. The highest BCUT2D eigenvalue weighted by molar-refractivity contribution is 7.10. The molecule has 1 amide bonds. The Bertz CT molecular complexity index is 545. The van der Waals surface area contributed by atoms with Gasteiger partial charge >= 0.3 is 0 Å². The first-order valence-corrected chi connectivity index (χ1v) is 7.90. The van der Waals surface area contributed by atoms with Crippen molar-refractivity contribution in [3.63, 3.8) is 0 Å². The third-order valence-corrected chi connectivity index (χ3v) is 4.56. The molecule has 1 heterocycles. The maximum absolute atomic E-state index is 11.4. The third kappa shape index (κ3) is 3.48. The summed E-state index contributed by atoms with van der Waals surface area (Å²) in [6.07, 6.45) is 1.14. The number of carbonyl (C=O) groups excluding carboxylic acids is 1. The summed E-state index contributed by atoms with van der Waals surface area (Å²) in [5, 5.41) is 5.07. The van der Waals surface area contributed by atoms with Gasteiger partial charge in [0.05, 0.1) is 6.04 Å². The van der Waals surface area contributed by atoms with Crippen LogP contribution in [0.4, 0.5) is 0 Å². The molecule has 2 rings (SSSR count). The van der Waals surface area contributed by atoms with Gasteiger partial charge in [0.15, 0.2) is 0 Å². The Balaban J connectivity index is 2.27. The quantitative estimate of drug-likeness (QED) is 0.862. The number of hydrogen-bond donors (Lipinski definition) is 1. The van der Waals surface area contributed by atoms with Crippen molar-refractivity contribution >= 4 is 17.2 Å². The van der Waals surface area contributed by atoms with Gasteiger partial charge in [-0.3, -0.25) is 4.79 Å². The van der Waals surface area contributed by atoms with Gasteiger partial charge in [-0.1, -0.05) is 44.2 Å². The van der Waals surface area contributed by atoms with Crippen LogP contribution in [0.3, 0.4) is 0 Å². The molecule has 3 heteroatoms. The first kappa shape index (κ1) is 14.8. The molecule has 0 aliphatic rings. The fourth-order valence-electron chi connectivity index (χ4n) is 2.23. The zero-order valence-corrected chi connectivity index (χ0v) is 13.0. The predicted molar refractivity (Wildman–Crippen MR) is 85.1 cm³/mol. The fourth-order valence-corrected chi connectivity index (χ4v) is 3.03. The molecule has 0 bridgehead atoms. The second-order valence-corrected chi connectivity index (χ2v) is 6.10. The minimum atomic E-state index is -0.0431. The van der Waals surface area contributed by atoms with Gasteiger partial charge in [0.1, 0.15) is 0 Å². The molecule has 106 valence electrons. The lowest BCUT2D eigenvalue weighted by atomic mass is 9.95. The van der Waals surface area contributed by atoms with Crippen LogP contribution in [0.5, 0.6) is 0 Å². The average molecular weight is 287 g/mol. The molecule has 2 unspecified atom stereocenters. The Hall–Kier alpha value is -1.61. The van der Waals surface area contributed by atoms with E-state index in [9.17, 15) is 4.79 Å². The highest BCUT2D eigenvalue weighted by Crippen LogP contribution is 2.28. The lowest BCUT2D eigenvalue weighted by molar-refractivity contribution is -0.119. The topological polar surface area (TPSA) is 29.1 Å². The van der Waals surface area contributed by atoms with Gasteiger partial charge in [-0.2, -0.15) is 0 Å². The van der Waals surface area contributed by atoms with E-state index in [-0.39, 0.29) is 11.9 Å². The van der Waals surface area contributed by atoms with E-state index in [0.717, 1.165) is 16.9 Å². The van der Waals surface area contributed by atoms with E-state index in [4.69, 9.17) is 0 Å². The summed E-state index contributed by atoms with van der Waals surface area (Å²) in [7, 11) is 0. The number of amides is 1. The molecule has 1 aromatic heterocycles. The smallest absolute Gasteiger partial charge is 0.217 e. The Morgan fingerprint density at radius 2 is 1.85 bits per heavy atom. The van der Waals surface area contributed by atoms with E-state index < -0.39 is 0 Å². The second kappa shape index (κ2) is 6.71. The number of rotatable bonds is 5. The lowest BCUT2D eigenvalue weighted by Gasteiger charge is -2.18. The van der Waals surface area contributed by atoms with Crippen molar-refractivity contribution in [2.75, 3.05) is 0 Å². The van der Waals surface area contributed by atoms with Gasteiger partial charge < -0.3 is 5.32 Å². The van der Waals surface area contributed by atoms with Crippen LogP contribution in [0.1, 0.15) is 55.2 Å². The highest BCUT2D eigenvalue weighted by Gasteiger charge is 2.16. The highest BCUT2D eigenvalue weighted by atomic mass is 32.1. The van der Waals surface area contributed by atoms with Crippen molar-refractivity contribution in [1.82, 2.24) is 5.32 Å². The van der Waals surface area contributed by atoms with Crippen LogP contribution in [0.15, 0.2) is 41.8 Å². The number of carbonyl (C=O) groups is 1. The van der Waals surface area contributed by atoms with Crippen LogP contribution in [0.2, 0.25) is 0 Å². The summed E-state index contributed by atoms with van der Waals surface area (Å²) in [6.45, 7) is 6.00. The Kier molecular flexibility index (Phi) is 4.96. The minimum Gasteiger partial charge on any atom is -0.345 e. The number of hydrogen-bond acceptors (Lipinski definition) is 2. The van der Waals surface area contributed by atoms with Gasteiger partial charge in [-0.25, -0.2) is 0 Å². The van der Waals surface area contributed by atoms with Crippen LogP contribution in [-0.4, -0.2) is 5.91 Å². The van der Waals surface area contributed by atoms with Crippen molar-refractivity contribution in [2.24, 2.45) is 0 Å². The van der Waals surface area contributed by atoms with E-state index in [1.165, 1.54) is 5.56 Å². The molecule has 0 fully saturated rings. The summed E-state index contributed by atoms with van der Waals surface area (Å²) in [6, 6.07) is 12.6. The zero-order valence-electron chi connectivity index (χ0n) is 12.2. The van der Waals surface area contributed by atoms with Crippen LogP contribution >= 0.6 is 11.3 Å². The molecule has 0 radical (unpaired) electrons. The number of nitrogens with one attached hydrogen (secondary N) is 1. The molecule has 0 aliphatic carbocycles. The van der Waals surface area contributed by atoms with Crippen LogP contribution in [0, 0.1) is 0 Å². The fraction of sp³-hybridized carbons (Fsp3) is 0.353. The van der Waals surface area contributed by atoms with Gasteiger partial charge in [0, 0.05) is 11.8 Å². The largest absolute Gasteiger partial charge is 0.345 e. The van der Waals surface area contributed by atoms with Gasteiger partial charge in [-0.15, -0.1) is 11.3 Å². The van der Waals surface area contributed by atoms with Crippen molar-refractivity contribution < 1.29 is 4.79 Å². The molecule has 0 saturated heterocycles. The molecule has 0 saturated carbocycles. The summed E-state index contributed by atoms with van der Waals surface area (Å²) in [4.78, 5) is 12.6. The monoisotopic (exact) mass is 287 g/mol. The molecule has 20 heavy (non-hydrogen) atoms. The molecular formula is C17H21NOS. The van der Waals surface area contributed by atoms with Crippen molar-refractivity contribution in [3.05, 3.63) is 57.8 Å². The van der Waals surface area contributed by atoms with E-state index in [0.29, 0.717) is 5.92 Å². The minimum absolute atomic E-state index is 0.00518. The van der Waals surface area contributed by atoms with Gasteiger partial charge in [0.2, 0.25) is 5.91 Å². The van der Waals surface area contributed by atoms with E-state index in [1.807, 2.05) is 11.4 Å². The summed E-state index contributed by atoms with van der Waals surface area (Å²) in [5.74, 6) is 0.569. The maximum atomic E-state index is 11.4. The summed E-state index contributed by atoms with van der Waals surface area (Å²) in [5.41, 5.74) is 2.48. The molecule has 2 aromatic rings. The molecule has 1 aromatic carbocycles. The standard InChI is InChI=1S/C17H21NOS/c1-4-12(2)14-7-9-15(10-8-14)17(18-13(3)19)16-6-5-11-20-16/h5-12,17H,4H2,1-3H3,(H,18,19). The first-order valence-electron chi connectivity index (χ1n) is 7.02. The van der Waals surface area contributed by atoms with Crippen LogP contribution in [-0.2, 0) is 4.79 Å². The molecule has 1 N–H and O–H groups in total. The average Bonchev–Trinajstić information content (AvgIpc) is 2.98. The summed E-state index contributed by atoms with van der Waals surface area (Å²) < 4.78 is 0. The van der Waals surface area contributed by atoms with E-state index in [1.54, 1.807) is 18.3 Å². The van der Waals surface area contributed by atoms with E-state index >= 15 is 0 Å². The lowest BCUT2D eigenvalue weighted by Crippen LogP contribution is -2.26. The number of benzene rings is 1. The van der Waals surface area contributed by atoms with Crippen molar-refractivity contribution in [3.8, 4) is 0 Å². The predicted octanol–water partition coefficient (Wildman–Crippen LogP) is 4.49. The molecule has 2 atom stereocenters. The normalized spacial score (nSPS) is 13.8. The van der Waals surface area contributed by atoms with Gasteiger partial charge in [0.25, 0.3) is 0 Å². The van der Waals surface area contributed by atoms with E-state index in [2.05, 4.69) is 49.5 Å². The molecular weight excluding hydrogens is 266 g/mol. The maximum Gasteiger partial charge on any atom is 0.217 e. The summed E-state index contributed by atoms with van der Waals surface area (Å²) >= 11 is 1.67. The molecule has 2 nitrogen and oxygen atoms in total. The first-order chi connectivity index (χ1) is 9.61. The Morgan fingerprint density at radius 1 is 1.20 bits per heavy atom. The van der Waals surface area contributed by atoms with Crippen molar-refractivity contribution in [2.45, 2.75) is 39.2 Å². The Morgan fingerprint density at radius 3 is 2.35 bits per heavy atom. The van der Waals surface area contributed by atoms with Crippen LogP contribution in [0.25, 0.3) is 0 Å². The zero-order chi connectivity index (χ0) is 14.5. The third-order valence-electron chi connectivity index (χ3n) is 3.63. The second-order valence-electron chi connectivity index (χ2n) is 5.12. The van der Waals surface area contributed by atoms with Gasteiger partial charge in [-0.05, 0) is 34.9 Å². The Labute approximate surface area is 124 Å².